The van der Waals surface area contributed by atoms with E-state index < -0.39 is 16.3 Å². The molecule has 0 aromatic heterocycles. The van der Waals surface area contributed by atoms with Crippen molar-refractivity contribution in [3.63, 3.8) is 0 Å². The molecule has 6 nitrogen and oxygen atoms in total. The molecule has 2 unspecified atom stereocenters. The van der Waals surface area contributed by atoms with Crippen molar-refractivity contribution in [2.24, 2.45) is 5.41 Å². The average Bonchev–Trinajstić information content (AvgIpc) is 2.92. The van der Waals surface area contributed by atoms with Crippen LogP contribution in [-0.2, 0) is 4.79 Å². The lowest BCUT2D eigenvalue weighted by molar-refractivity contribution is -0.384. The van der Waals surface area contributed by atoms with Crippen LogP contribution in [-0.4, -0.2) is 34.0 Å². The third-order valence-electron chi connectivity index (χ3n) is 4.65. The van der Waals surface area contributed by atoms with Gasteiger partial charge in [0.25, 0.3) is 5.69 Å². The van der Waals surface area contributed by atoms with Crippen LogP contribution in [0.2, 0.25) is 0 Å². The van der Waals surface area contributed by atoms with Gasteiger partial charge in [0.2, 0.25) is 0 Å². The van der Waals surface area contributed by atoms with E-state index in [1.54, 1.807) is 12.1 Å². The van der Waals surface area contributed by atoms with E-state index in [-0.39, 0.29) is 11.7 Å². The number of hydrogen-bond donors (Lipinski definition) is 1. The van der Waals surface area contributed by atoms with E-state index in [9.17, 15) is 20.0 Å². The van der Waals surface area contributed by atoms with Crippen LogP contribution in [0.1, 0.15) is 38.3 Å². The first-order valence-electron chi connectivity index (χ1n) is 7.11. The van der Waals surface area contributed by atoms with Crippen LogP contribution in [0, 0.1) is 15.5 Å². The van der Waals surface area contributed by atoms with Crippen molar-refractivity contribution in [3.8, 4) is 0 Å². The van der Waals surface area contributed by atoms with Gasteiger partial charge >= 0.3 is 5.97 Å². The van der Waals surface area contributed by atoms with Crippen molar-refractivity contribution in [3.05, 3.63) is 39.9 Å². The number of carboxylic acids is 1. The third kappa shape index (κ3) is 2.90. The number of carboxylic acid groups (broad SMARTS) is 1. The Hall–Kier alpha value is -1.95. The zero-order chi connectivity index (χ0) is 15.6. The van der Waals surface area contributed by atoms with Gasteiger partial charge in [0.1, 0.15) is 0 Å². The number of likely N-dealkylation sites (tertiary alicyclic amines) is 1. The highest BCUT2D eigenvalue weighted by atomic mass is 16.6. The molecule has 0 radical (unpaired) electrons. The number of carbonyl (C=O) groups is 1. The third-order valence-corrected chi connectivity index (χ3v) is 4.65. The van der Waals surface area contributed by atoms with Crippen molar-refractivity contribution in [1.82, 2.24) is 4.90 Å². The van der Waals surface area contributed by atoms with Crippen molar-refractivity contribution >= 4 is 11.7 Å². The second kappa shape index (κ2) is 5.81. The van der Waals surface area contributed by atoms with Crippen LogP contribution in [0.5, 0.6) is 0 Å². The molecule has 1 fully saturated rings. The van der Waals surface area contributed by atoms with Gasteiger partial charge in [-0.15, -0.1) is 0 Å². The molecule has 21 heavy (non-hydrogen) atoms. The van der Waals surface area contributed by atoms with Gasteiger partial charge in [0.05, 0.1) is 10.3 Å². The molecule has 1 aliphatic rings. The fourth-order valence-corrected chi connectivity index (χ4v) is 2.93. The first-order chi connectivity index (χ1) is 9.89. The monoisotopic (exact) mass is 292 g/mol. The zero-order valence-corrected chi connectivity index (χ0v) is 12.3. The van der Waals surface area contributed by atoms with E-state index in [2.05, 4.69) is 4.90 Å². The lowest BCUT2D eigenvalue weighted by atomic mass is 9.84. The number of rotatable bonds is 5. The minimum absolute atomic E-state index is 0.0542. The second-order valence-electron chi connectivity index (χ2n) is 5.68. The molecule has 1 N–H and O–H groups in total. The Morgan fingerprint density at radius 3 is 2.52 bits per heavy atom. The summed E-state index contributed by atoms with van der Waals surface area (Å²) in [4.78, 5) is 23.9. The van der Waals surface area contributed by atoms with Crippen molar-refractivity contribution in [1.29, 1.82) is 0 Å². The smallest absolute Gasteiger partial charge is 0.310 e. The Kier molecular flexibility index (Phi) is 4.27. The summed E-state index contributed by atoms with van der Waals surface area (Å²) in [6.07, 6.45) is 1.27. The number of non-ortho nitro benzene ring substituents is 1. The maximum Gasteiger partial charge on any atom is 0.310 e. The summed E-state index contributed by atoms with van der Waals surface area (Å²) >= 11 is 0. The van der Waals surface area contributed by atoms with E-state index in [0.29, 0.717) is 19.4 Å². The van der Waals surface area contributed by atoms with Gasteiger partial charge in [-0.1, -0.05) is 19.1 Å². The summed E-state index contributed by atoms with van der Waals surface area (Å²) in [6.45, 7) is 5.18. The van der Waals surface area contributed by atoms with Crippen molar-refractivity contribution in [2.45, 2.75) is 32.7 Å². The SMILES string of the molecule is CCC1(C(=O)O)CCN(C(C)c2ccc([N+](=O)[O-])cc2)C1. The highest BCUT2D eigenvalue weighted by molar-refractivity contribution is 5.75. The van der Waals surface area contributed by atoms with Crippen LogP contribution in [0.15, 0.2) is 24.3 Å². The Labute approximate surface area is 123 Å². The number of nitrogens with zero attached hydrogens (tertiary/aromatic N) is 2. The summed E-state index contributed by atoms with van der Waals surface area (Å²) in [5, 5.41) is 20.1. The van der Waals surface area contributed by atoms with Crippen molar-refractivity contribution in [2.75, 3.05) is 13.1 Å². The molecule has 0 aliphatic carbocycles. The molecule has 0 amide bonds. The van der Waals surface area contributed by atoms with Crippen molar-refractivity contribution < 1.29 is 14.8 Å². The Morgan fingerprint density at radius 2 is 2.10 bits per heavy atom. The second-order valence-corrected chi connectivity index (χ2v) is 5.68. The zero-order valence-electron chi connectivity index (χ0n) is 12.3. The van der Waals surface area contributed by atoms with Crippen LogP contribution in [0.3, 0.4) is 0 Å². The number of nitro groups is 1. The van der Waals surface area contributed by atoms with Crippen LogP contribution in [0.25, 0.3) is 0 Å². The molecule has 6 heteroatoms. The maximum atomic E-state index is 11.5. The fourth-order valence-electron chi connectivity index (χ4n) is 2.93. The highest BCUT2D eigenvalue weighted by Gasteiger charge is 2.44. The topological polar surface area (TPSA) is 83.7 Å². The lowest BCUT2D eigenvalue weighted by Crippen LogP contribution is -2.34. The van der Waals surface area contributed by atoms with Gasteiger partial charge in [-0.2, -0.15) is 0 Å². The fraction of sp³-hybridized carbons (Fsp3) is 0.533. The first kappa shape index (κ1) is 15.4. The van der Waals surface area contributed by atoms with Crippen LogP contribution < -0.4 is 0 Å². The molecule has 1 heterocycles. The molecule has 114 valence electrons. The quantitative estimate of drug-likeness (QED) is 0.666. The summed E-state index contributed by atoms with van der Waals surface area (Å²) in [5.74, 6) is -0.733. The minimum atomic E-state index is -0.733. The van der Waals surface area contributed by atoms with Gasteiger partial charge < -0.3 is 5.11 Å². The standard InChI is InChI=1S/C15H20N2O4/c1-3-15(14(18)19)8-9-16(10-15)11(2)12-4-6-13(7-5-12)17(20)21/h4-7,11H,3,8-10H2,1-2H3,(H,18,19). The number of benzene rings is 1. The summed E-state index contributed by atoms with van der Waals surface area (Å²) in [7, 11) is 0. The van der Waals surface area contributed by atoms with Gasteiger partial charge in [-0.05, 0) is 31.9 Å². The predicted molar refractivity (Wildman–Crippen MR) is 78.1 cm³/mol. The Bertz CT molecular complexity index is 543. The van der Waals surface area contributed by atoms with Gasteiger partial charge in [0, 0.05) is 24.7 Å². The normalized spacial score (nSPS) is 23.9. The summed E-state index contributed by atoms with van der Waals surface area (Å²) in [6, 6.07) is 6.53. The molecule has 0 saturated carbocycles. The van der Waals surface area contributed by atoms with E-state index in [4.69, 9.17) is 0 Å². The predicted octanol–water partition coefficient (Wildman–Crippen LogP) is 2.84. The minimum Gasteiger partial charge on any atom is -0.481 e. The summed E-state index contributed by atoms with van der Waals surface area (Å²) < 4.78 is 0. The van der Waals surface area contributed by atoms with E-state index in [0.717, 1.165) is 12.1 Å². The number of aliphatic carboxylic acids is 1. The molecular formula is C15H20N2O4. The number of nitro benzene ring substituents is 1. The highest BCUT2D eigenvalue weighted by Crippen LogP contribution is 2.38. The molecule has 1 aromatic rings. The molecule has 2 rings (SSSR count). The van der Waals surface area contributed by atoms with E-state index in [1.165, 1.54) is 12.1 Å². The molecule has 1 saturated heterocycles. The van der Waals surface area contributed by atoms with Crippen LogP contribution in [0.4, 0.5) is 5.69 Å². The Morgan fingerprint density at radius 1 is 1.48 bits per heavy atom. The first-order valence-corrected chi connectivity index (χ1v) is 7.11. The van der Waals surface area contributed by atoms with Gasteiger partial charge in [-0.25, -0.2) is 0 Å². The van der Waals surface area contributed by atoms with Gasteiger partial charge in [-0.3, -0.25) is 19.8 Å². The summed E-state index contributed by atoms with van der Waals surface area (Å²) in [5.41, 5.74) is 0.383. The Balaban J connectivity index is 2.12. The van der Waals surface area contributed by atoms with Crippen LogP contribution >= 0.6 is 0 Å². The largest absolute Gasteiger partial charge is 0.481 e. The molecule has 1 aromatic carbocycles. The molecule has 0 spiro atoms. The molecule has 1 aliphatic heterocycles. The lowest BCUT2D eigenvalue weighted by Gasteiger charge is -2.27. The number of hydrogen-bond acceptors (Lipinski definition) is 4. The van der Waals surface area contributed by atoms with E-state index in [1.807, 2.05) is 13.8 Å². The van der Waals surface area contributed by atoms with E-state index >= 15 is 0 Å². The molecular weight excluding hydrogens is 272 g/mol. The van der Waals surface area contributed by atoms with Gasteiger partial charge in [0.15, 0.2) is 0 Å². The maximum absolute atomic E-state index is 11.5. The molecule has 0 bridgehead atoms. The average molecular weight is 292 g/mol. The molecule has 2 atom stereocenters.